The Bertz CT molecular complexity index is 4010. The second-order valence-corrected chi connectivity index (χ2v) is 27.3. The van der Waals surface area contributed by atoms with Gasteiger partial charge in [-0.25, -0.2) is 0 Å². The van der Waals surface area contributed by atoms with Gasteiger partial charge in [0, 0.05) is 44.9 Å². The van der Waals surface area contributed by atoms with Crippen molar-refractivity contribution < 1.29 is 0 Å². The summed E-state index contributed by atoms with van der Waals surface area (Å²) in [5.74, 6) is 0. The molecule has 0 saturated heterocycles. The van der Waals surface area contributed by atoms with E-state index >= 15 is 0 Å². The number of benzene rings is 11. The van der Waals surface area contributed by atoms with E-state index in [1.165, 1.54) is 149 Å². The van der Waals surface area contributed by atoms with E-state index in [4.69, 9.17) is 0 Å². The molecule has 0 unspecified atom stereocenters. The van der Waals surface area contributed by atoms with Crippen LogP contribution in [0.25, 0.3) is 65.3 Å². The van der Waals surface area contributed by atoms with Crippen LogP contribution >= 0.6 is 0 Å². The molecule has 11 aromatic carbocycles. The topological polar surface area (TPSA) is 6.48 Å². The van der Waals surface area contributed by atoms with Gasteiger partial charge in [-0.15, -0.1) is 0 Å². The van der Waals surface area contributed by atoms with Crippen molar-refractivity contribution >= 4 is 100 Å². The lowest BCUT2D eigenvalue weighted by Crippen LogP contribution is -2.61. The zero-order chi connectivity index (χ0) is 55.2. The Hall–Kier alpha value is -7.88. The van der Waals surface area contributed by atoms with E-state index in [9.17, 15) is 0 Å². The second kappa shape index (κ2) is 17.8. The van der Waals surface area contributed by atoms with Gasteiger partial charge >= 0.3 is 0 Å². The van der Waals surface area contributed by atoms with Gasteiger partial charge in [0.1, 0.15) is 0 Å². The average Bonchev–Trinajstić information content (AvgIpc) is 3.44. The van der Waals surface area contributed by atoms with E-state index in [-0.39, 0.29) is 28.4 Å². The number of aryl methyl sites for hydroxylation is 2. The van der Waals surface area contributed by atoms with E-state index in [0.29, 0.717) is 0 Å². The highest BCUT2D eigenvalue weighted by Gasteiger charge is 2.46. The monoisotopic (exact) mass is 1020 g/mol. The number of fused-ring (bicyclic) bond motifs is 10. The Morgan fingerprint density at radius 2 is 0.684 bits per heavy atom. The van der Waals surface area contributed by atoms with Crippen LogP contribution in [0.5, 0.6) is 0 Å². The molecule has 0 fully saturated rings. The molecule has 2 heterocycles. The van der Waals surface area contributed by atoms with Crippen LogP contribution in [0.4, 0.5) is 34.1 Å². The van der Waals surface area contributed by atoms with Crippen molar-refractivity contribution in [3.05, 3.63) is 221 Å². The molecular formula is C76H73BN2. The summed E-state index contributed by atoms with van der Waals surface area (Å²) in [5.41, 5.74) is 23.7. The molecule has 79 heavy (non-hydrogen) atoms. The smallest absolute Gasteiger partial charge is 0.252 e. The predicted octanol–water partition coefficient (Wildman–Crippen LogP) is 19.5. The molecule has 0 atom stereocenters. The fourth-order valence-corrected chi connectivity index (χ4v) is 13.1. The van der Waals surface area contributed by atoms with Crippen LogP contribution in [-0.4, -0.2) is 6.71 Å². The number of hydrogen-bond donors (Lipinski definition) is 0. The van der Waals surface area contributed by atoms with Crippen LogP contribution in [0.2, 0.25) is 0 Å². The lowest BCUT2D eigenvalue weighted by molar-refractivity contribution is 0.568. The number of anilines is 6. The molecule has 390 valence electrons. The van der Waals surface area contributed by atoms with Gasteiger partial charge in [-0.05, 0) is 201 Å². The summed E-state index contributed by atoms with van der Waals surface area (Å²) in [6.07, 6.45) is 0. The maximum atomic E-state index is 2.71. The molecule has 0 aromatic heterocycles. The van der Waals surface area contributed by atoms with Crippen LogP contribution in [0.1, 0.15) is 116 Å². The van der Waals surface area contributed by atoms with Crippen LogP contribution < -0.4 is 26.2 Å². The minimum atomic E-state index is -0.105. The third kappa shape index (κ3) is 8.46. The normalized spacial score (nSPS) is 13.6. The van der Waals surface area contributed by atoms with Gasteiger partial charge in [0.2, 0.25) is 0 Å². The van der Waals surface area contributed by atoms with Gasteiger partial charge in [0.25, 0.3) is 6.71 Å². The first-order chi connectivity index (χ1) is 37.5. The largest absolute Gasteiger partial charge is 0.311 e. The van der Waals surface area contributed by atoms with Gasteiger partial charge in [-0.2, -0.15) is 0 Å². The van der Waals surface area contributed by atoms with E-state index in [1.807, 2.05) is 0 Å². The lowest BCUT2D eigenvalue weighted by Gasteiger charge is -2.46. The summed E-state index contributed by atoms with van der Waals surface area (Å²) in [7, 11) is 0. The summed E-state index contributed by atoms with van der Waals surface area (Å²) in [6, 6.07) is 73.2. The fraction of sp³-hybridized carbons (Fsp3) is 0.237. The SMILES string of the molecule is Cc1cc(-c2ccccc2)cc(C)c1-c1cc2c3c(c1)N(c1cc(C(C)(C)C)cc(C(C)(C)C)c1)c1c(ccc4cc5ccccc5cc14)B3c1ccc3cc4ccccc4cc3c1N2c1cc(C(C)(C)C)cc(C(C)(C)C)c1. The number of rotatable bonds is 4. The molecule has 0 N–H and O–H groups in total. The van der Waals surface area contributed by atoms with Crippen molar-refractivity contribution in [2.24, 2.45) is 0 Å². The minimum absolute atomic E-state index is 0.0910. The van der Waals surface area contributed by atoms with Gasteiger partial charge in [0.05, 0.1) is 0 Å². The van der Waals surface area contributed by atoms with Crippen molar-refractivity contribution in [2.45, 2.75) is 119 Å². The molecule has 13 rings (SSSR count). The maximum Gasteiger partial charge on any atom is 0.252 e. The third-order valence-electron chi connectivity index (χ3n) is 17.5. The van der Waals surface area contributed by atoms with Crippen molar-refractivity contribution in [3.63, 3.8) is 0 Å². The van der Waals surface area contributed by atoms with Crippen molar-refractivity contribution in [3.8, 4) is 22.3 Å². The molecule has 0 saturated carbocycles. The molecular weight excluding hydrogens is 952 g/mol. The zero-order valence-corrected chi connectivity index (χ0v) is 48.9. The molecule has 3 heteroatoms. The average molecular weight is 1030 g/mol. The first kappa shape index (κ1) is 50.6. The van der Waals surface area contributed by atoms with E-state index < -0.39 is 0 Å². The first-order valence-corrected chi connectivity index (χ1v) is 28.7. The van der Waals surface area contributed by atoms with Gasteiger partial charge in [0.15, 0.2) is 0 Å². The number of hydrogen-bond acceptors (Lipinski definition) is 2. The highest BCUT2D eigenvalue weighted by Crippen LogP contribution is 2.52. The Morgan fingerprint density at radius 3 is 1.06 bits per heavy atom. The highest BCUT2D eigenvalue weighted by molar-refractivity contribution is 7.00. The van der Waals surface area contributed by atoms with E-state index in [1.54, 1.807) is 0 Å². The molecule has 2 nitrogen and oxygen atoms in total. The maximum absolute atomic E-state index is 2.71. The number of nitrogens with zero attached hydrogens (tertiary/aromatic N) is 2. The molecule has 2 aliphatic heterocycles. The molecule has 0 spiro atoms. The zero-order valence-electron chi connectivity index (χ0n) is 48.9. The molecule has 0 amide bonds. The quantitative estimate of drug-likeness (QED) is 0.128. The Labute approximate surface area is 469 Å². The predicted molar refractivity (Wildman–Crippen MR) is 346 cm³/mol. The fourth-order valence-electron chi connectivity index (χ4n) is 13.1. The van der Waals surface area contributed by atoms with Crippen molar-refractivity contribution in [1.29, 1.82) is 0 Å². The molecule has 0 aliphatic carbocycles. The highest BCUT2D eigenvalue weighted by atomic mass is 15.2. The molecule has 2 aliphatic rings. The molecule has 0 radical (unpaired) electrons. The summed E-state index contributed by atoms with van der Waals surface area (Å²) in [4.78, 5) is 5.42. The van der Waals surface area contributed by atoms with Crippen molar-refractivity contribution in [2.75, 3.05) is 9.80 Å². The molecule has 0 bridgehead atoms. The van der Waals surface area contributed by atoms with Gasteiger partial charge in [-0.3, -0.25) is 0 Å². The van der Waals surface area contributed by atoms with Crippen molar-refractivity contribution in [1.82, 2.24) is 0 Å². The second-order valence-electron chi connectivity index (χ2n) is 27.3. The standard InChI is InChI=1S/C76H73BN2/c1-46-32-55(48-22-16-15-17-23-48)33-47(2)69(46)56-38-67-70-68(39-56)79(62-44-59(75(9,10)11)41-60(45-62)76(12,13)14)72-64-37-52-27-21-19-25-50(52)35-54(64)29-31-66(72)77(70)65-30-28-53-34-49-24-18-20-26-51(49)36-63(53)71(65)78(67)61-42-57(73(3,4)5)40-58(43-61)74(6,7)8/h15-45H,1-14H3. The summed E-state index contributed by atoms with van der Waals surface area (Å²) < 4.78 is 0. The van der Waals surface area contributed by atoms with Crippen LogP contribution in [0.3, 0.4) is 0 Å². The van der Waals surface area contributed by atoms with E-state index in [0.717, 1.165) is 0 Å². The third-order valence-corrected chi connectivity index (χ3v) is 17.5. The Balaban J connectivity index is 1.24. The molecule has 11 aromatic rings. The van der Waals surface area contributed by atoms with Crippen LogP contribution in [0, 0.1) is 13.8 Å². The lowest BCUT2D eigenvalue weighted by atomic mass is 9.33. The summed E-state index contributed by atoms with van der Waals surface area (Å²) in [5, 5.41) is 9.99. The first-order valence-electron chi connectivity index (χ1n) is 28.7. The van der Waals surface area contributed by atoms with Crippen LogP contribution in [-0.2, 0) is 21.7 Å². The van der Waals surface area contributed by atoms with E-state index in [2.05, 4.69) is 295 Å². The minimum Gasteiger partial charge on any atom is -0.311 e. The summed E-state index contributed by atoms with van der Waals surface area (Å²) >= 11 is 0. The van der Waals surface area contributed by atoms with Crippen LogP contribution in [0.15, 0.2) is 188 Å². The van der Waals surface area contributed by atoms with Gasteiger partial charge in [-0.1, -0.05) is 210 Å². The van der Waals surface area contributed by atoms with Gasteiger partial charge < -0.3 is 9.80 Å². The Morgan fingerprint density at radius 1 is 0.316 bits per heavy atom. The Kier molecular flexibility index (Phi) is 11.4. The summed E-state index contributed by atoms with van der Waals surface area (Å²) in [6.45, 7) is 33.0.